The second-order valence-corrected chi connectivity index (χ2v) is 4.11. The number of nitrogens with zero attached hydrogens (tertiary/aromatic N) is 1. The molecule has 97 valence electrons. The predicted octanol–water partition coefficient (Wildman–Crippen LogP) is 3.30. The van der Waals surface area contributed by atoms with Crippen molar-refractivity contribution in [2.75, 3.05) is 18.1 Å². The number of anilines is 2. The molecule has 3 heteroatoms. The molecule has 0 atom stereocenters. The van der Waals surface area contributed by atoms with Gasteiger partial charge in [-0.2, -0.15) is 0 Å². The van der Waals surface area contributed by atoms with E-state index in [0.717, 1.165) is 24.3 Å². The predicted molar refractivity (Wildman–Crippen MR) is 76.2 cm³/mol. The van der Waals surface area contributed by atoms with Crippen molar-refractivity contribution < 1.29 is 9.53 Å². The van der Waals surface area contributed by atoms with Crippen LogP contribution in [0.2, 0.25) is 0 Å². The third-order valence-corrected chi connectivity index (χ3v) is 2.82. The minimum absolute atomic E-state index is 0.389. The third kappa shape index (κ3) is 3.85. The molecule has 0 saturated heterocycles. The van der Waals surface area contributed by atoms with E-state index in [4.69, 9.17) is 0 Å². The number of para-hydroxylation sites is 2. The van der Waals surface area contributed by atoms with Crippen LogP contribution in [0.4, 0.5) is 11.4 Å². The van der Waals surface area contributed by atoms with E-state index in [2.05, 4.69) is 33.9 Å². The van der Waals surface area contributed by atoms with Crippen molar-refractivity contribution in [1.29, 1.82) is 0 Å². The fourth-order valence-corrected chi connectivity index (χ4v) is 1.96. The Bertz CT molecular complexity index is 445. The molecule has 0 amide bonds. The van der Waals surface area contributed by atoms with Crippen LogP contribution in [0, 0.1) is 0 Å². The monoisotopic (exact) mass is 254 g/mol. The molecule has 2 aromatic rings. The van der Waals surface area contributed by atoms with Crippen LogP contribution in [0.3, 0.4) is 0 Å². The minimum atomic E-state index is 0.389. The lowest BCUT2D eigenvalue weighted by atomic mass is 10.2. The second-order valence-electron chi connectivity index (χ2n) is 4.11. The second kappa shape index (κ2) is 7.21. The molecule has 0 aromatic heterocycles. The van der Waals surface area contributed by atoms with E-state index in [1.54, 1.807) is 0 Å². The SMILES string of the molecule is O=[C]OCCCN(c1ccccc1)c1ccccc1. The van der Waals surface area contributed by atoms with Crippen LogP contribution in [0.5, 0.6) is 0 Å². The van der Waals surface area contributed by atoms with Gasteiger partial charge in [0.15, 0.2) is 0 Å². The number of ether oxygens (including phenoxy) is 1. The largest absolute Gasteiger partial charge is 0.457 e. The van der Waals surface area contributed by atoms with Crippen molar-refractivity contribution in [2.24, 2.45) is 0 Å². The van der Waals surface area contributed by atoms with Gasteiger partial charge in [0.1, 0.15) is 0 Å². The van der Waals surface area contributed by atoms with Crippen LogP contribution in [0.15, 0.2) is 60.7 Å². The average Bonchev–Trinajstić information content (AvgIpc) is 2.49. The van der Waals surface area contributed by atoms with Crippen LogP contribution in [0.25, 0.3) is 0 Å². The van der Waals surface area contributed by atoms with Gasteiger partial charge < -0.3 is 9.64 Å². The Labute approximate surface area is 113 Å². The summed E-state index contributed by atoms with van der Waals surface area (Å²) in [6, 6.07) is 20.3. The number of carbonyl (C=O) groups excluding carboxylic acids is 1. The molecule has 0 fully saturated rings. The first-order valence-electron chi connectivity index (χ1n) is 6.28. The molecule has 1 radical (unpaired) electrons. The highest BCUT2D eigenvalue weighted by Gasteiger charge is 2.07. The summed E-state index contributed by atoms with van der Waals surface area (Å²) in [6.07, 6.45) is 0.763. The van der Waals surface area contributed by atoms with Crippen molar-refractivity contribution in [3.05, 3.63) is 60.7 Å². The Balaban J connectivity index is 2.12. The van der Waals surface area contributed by atoms with Gasteiger partial charge in [0.25, 0.3) is 0 Å². The smallest absolute Gasteiger partial charge is 0.417 e. The van der Waals surface area contributed by atoms with Crippen LogP contribution in [-0.2, 0) is 9.53 Å². The maximum atomic E-state index is 10.0. The van der Waals surface area contributed by atoms with Gasteiger partial charge >= 0.3 is 6.47 Å². The van der Waals surface area contributed by atoms with E-state index in [-0.39, 0.29) is 0 Å². The molecule has 0 N–H and O–H groups in total. The van der Waals surface area contributed by atoms with Crippen molar-refractivity contribution >= 4 is 17.8 Å². The van der Waals surface area contributed by atoms with E-state index in [9.17, 15) is 4.79 Å². The van der Waals surface area contributed by atoms with Gasteiger partial charge in [-0.25, -0.2) is 4.79 Å². The van der Waals surface area contributed by atoms with E-state index in [1.165, 1.54) is 6.47 Å². The lowest BCUT2D eigenvalue weighted by Gasteiger charge is -2.24. The summed E-state index contributed by atoms with van der Waals surface area (Å²) >= 11 is 0. The molecule has 3 nitrogen and oxygen atoms in total. The summed E-state index contributed by atoms with van der Waals surface area (Å²) < 4.78 is 4.62. The first kappa shape index (κ1) is 13.1. The molecule has 19 heavy (non-hydrogen) atoms. The molecule has 0 aliphatic heterocycles. The normalized spacial score (nSPS) is 9.89. The molecule has 0 aliphatic carbocycles. The Morgan fingerprint density at radius 3 is 1.89 bits per heavy atom. The van der Waals surface area contributed by atoms with Crippen molar-refractivity contribution in [3.63, 3.8) is 0 Å². The van der Waals surface area contributed by atoms with Gasteiger partial charge in [0.2, 0.25) is 0 Å². The van der Waals surface area contributed by atoms with Gasteiger partial charge in [-0.3, -0.25) is 0 Å². The van der Waals surface area contributed by atoms with Crippen LogP contribution >= 0.6 is 0 Å². The molecule has 0 saturated carbocycles. The third-order valence-electron chi connectivity index (χ3n) is 2.82. The zero-order valence-corrected chi connectivity index (χ0v) is 10.7. The molecule has 2 aromatic carbocycles. The standard InChI is InChI=1S/C16H16NO2/c18-14-19-13-7-12-17(15-8-3-1-4-9-15)16-10-5-2-6-11-16/h1-6,8-11H,7,12-13H2. The Hall–Kier alpha value is -2.29. The fraction of sp³-hybridized carbons (Fsp3) is 0.188. The lowest BCUT2D eigenvalue weighted by molar-refractivity contribution is 0.275. The van der Waals surface area contributed by atoms with Crippen molar-refractivity contribution in [2.45, 2.75) is 6.42 Å². The molecule has 2 rings (SSSR count). The summed E-state index contributed by atoms with van der Waals surface area (Å²) in [5.74, 6) is 0. The zero-order valence-electron chi connectivity index (χ0n) is 10.7. The molecule has 0 heterocycles. The van der Waals surface area contributed by atoms with E-state index in [1.807, 2.05) is 36.4 Å². The molecular formula is C16H16NO2. The summed E-state index contributed by atoms with van der Waals surface area (Å²) in [6.45, 7) is 2.63. The highest BCUT2D eigenvalue weighted by Crippen LogP contribution is 2.24. The Morgan fingerprint density at radius 1 is 0.895 bits per heavy atom. The van der Waals surface area contributed by atoms with Gasteiger partial charge in [-0.05, 0) is 30.7 Å². The van der Waals surface area contributed by atoms with Gasteiger partial charge in [-0.15, -0.1) is 0 Å². The summed E-state index contributed by atoms with van der Waals surface area (Å²) in [5, 5.41) is 0. The van der Waals surface area contributed by atoms with Crippen LogP contribution < -0.4 is 4.90 Å². The van der Waals surface area contributed by atoms with E-state index in [0.29, 0.717) is 6.61 Å². The number of benzene rings is 2. The van der Waals surface area contributed by atoms with Gasteiger partial charge in [0, 0.05) is 17.9 Å². The van der Waals surface area contributed by atoms with Crippen molar-refractivity contribution in [1.82, 2.24) is 0 Å². The van der Waals surface area contributed by atoms with Gasteiger partial charge in [0.05, 0.1) is 6.61 Å². The number of rotatable bonds is 7. The first-order valence-corrected chi connectivity index (χ1v) is 6.28. The molecular weight excluding hydrogens is 238 g/mol. The minimum Gasteiger partial charge on any atom is -0.457 e. The Kier molecular flexibility index (Phi) is 4.99. The van der Waals surface area contributed by atoms with Gasteiger partial charge in [-0.1, -0.05) is 36.4 Å². The highest BCUT2D eigenvalue weighted by molar-refractivity contribution is 5.62. The summed E-state index contributed by atoms with van der Waals surface area (Å²) in [5.41, 5.74) is 2.26. The Morgan fingerprint density at radius 2 is 1.42 bits per heavy atom. The quantitative estimate of drug-likeness (QED) is 0.710. The molecule has 0 unspecified atom stereocenters. The number of hydrogen-bond donors (Lipinski definition) is 0. The molecule has 0 aliphatic rings. The van der Waals surface area contributed by atoms with E-state index < -0.39 is 0 Å². The van der Waals surface area contributed by atoms with Crippen molar-refractivity contribution in [3.8, 4) is 0 Å². The maximum absolute atomic E-state index is 10.0. The first-order chi connectivity index (χ1) is 9.42. The average molecular weight is 254 g/mol. The van der Waals surface area contributed by atoms with Crippen LogP contribution in [-0.4, -0.2) is 19.6 Å². The molecule has 0 spiro atoms. The fourth-order valence-electron chi connectivity index (χ4n) is 1.96. The topological polar surface area (TPSA) is 29.5 Å². The van der Waals surface area contributed by atoms with Crippen LogP contribution in [0.1, 0.15) is 6.42 Å². The number of hydrogen-bond acceptors (Lipinski definition) is 3. The zero-order chi connectivity index (χ0) is 13.3. The summed E-state index contributed by atoms with van der Waals surface area (Å²) in [4.78, 5) is 12.2. The lowest BCUT2D eigenvalue weighted by Crippen LogP contribution is -2.19. The van der Waals surface area contributed by atoms with E-state index >= 15 is 0 Å². The summed E-state index contributed by atoms with van der Waals surface area (Å²) in [7, 11) is 0. The highest BCUT2D eigenvalue weighted by atomic mass is 16.5. The molecule has 0 bridgehead atoms. The maximum Gasteiger partial charge on any atom is 0.417 e.